The first kappa shape index (κ1) is 66.7. The van der Waals surface area contributed by atoms with Crippen molar-refractivity contribution < 1.29 is 32.8 Å². The van der Waals surface area contributed by atoms with Crippen molar-refractivity contribution in [1.29, 1.82) is 0 Å². The molecule has 0 unspecified atom stereocenters. The van der Waals surface area contributed by atoms with Crippen LogP contribution in [0.4, 0.5) is 51.2 Å². The zero-order valence-electron chi connectivity index (χ0n) is 56.8. The van der Waals surface area contributed by atoms with Crippen molar-refractivity contribution in [1.82, 2.24) is 0 Å². The van der Waals surface area contributed by atoms with Crippen LogP contribution in [0.25, 0.3) is 0 Å². The van der Waals surface area contributed by atoms with Crippen LogP contribution >= 0.6 is 31.9 Å². The lowest BCUT2D eigenvalue weighted by Crippen LogP contribution is -2.41. The first-order chi connectivity index (χ1) is 45.0. The molecule has 0 atom stereocenters. The first-order valence-electron chi connectivity index (χ1n) is 33.5. The minimum atomic E-state index is -0.479. The van der Waals surface area contributed by atoms with Gasteiger partial charge in [0.1, 0.15) is 0 Å². The highest BCUT2D eigenvalue weighted by Gasteiger charge is 2.53. The monoisotopic (exact) mass is 1380 g/mol. The number of halogens is 2. The number of fused-ring (bicyclic) bond motifs is 6. The summed E-state index contributed by atoms with van der Waals surface area (Å²) in [6.45, 7) is 27.5. The summed E-state index contributed by atoms with van der Waals surface area (Å²) in [6.07, 6.45) is 10.6. The molecule has 10 nitrogen and oxygen atoms in total. The maximum absolute atomic E-state index is 6.65. The van der Waals surface area contributed by atoms with E-state index in [0.717, 1.165) is 119 Å². The Morgan fingerprint density at radius 2 is 0.574 bits per heavy atom. The number of nitrogens with zero attached hydrogens (tertiary/aromatic N) is 3. The van der Waals surface area contributed by atoms with Crippen molar-refractivity contribution >= 4 is 108 Å². The van der Waals surface area contributed by atoms with Gasteiger partial charge in [-0.25, -0.2) is 0 Å². The highest BCUT2D eigenvalue weighted by molar-refractivity contribution is 9.10. The van der Waals surface area contributed by atoms with Crippen LogP contribution < -0.4 is 39.8 Å². The van der Waals surface area contributed by atoms with Gasteiger partial charge in [-0.2, -0.15) is 0 Å². The molecule has 0 N–H and O–H groups in total. The highest BCUT2D eigenvalue weighted by Crippen LogP contribution is 2.54. The highest BCUT2D eigenvalue weighted by atomic mass is 79.9. The normalized spacial score (nSPS) is 16.3. The van der Waals surface area contributed by atoms with Gasteiger partial charge in [0.15, 0.2) is 34.5 Å². The second-order valence-corrected chi connectivity index (χ2v) is 29.3. The second-order valence-electron chi connectivity index (χ2n) is 27.4. The van der Waals surface area contributed by atoms with Crippen LogP contribution in [0.5, 0.6) is 34.5 Å². The van der Waals surface area contributed by atoms with Crippen LogP contribution in [-0.2, 0) is 37.9 Å². The van der Waals surface area contributed by atoms with E-state index in [2.05, 4.69) is 294 Å². The van der Waals surface area contributed by atoms with Gasteiger partial charge in [-0.15, -0.1) is 0 Å². The van der Waals surface area contributed by atoms with Gasteiger partial charge >= 0.3 is 14.2 Å². The van der Waals surface area contributed by atoms with Gasteiger partial charge in [-0.3, -0.25) is 0 Å². The van der Waals surface area contributed by atoms with Gasteiger partial charge in [0, 0.05) is 26.0 Å². The van der Waals surface area contributed by atoms with Crippen LogP contribution in [0.1, 0.15) is 143 Å². The third-order valence-corrected chi connectivity index (χ3v) is 20.2. The van der Waals surface area contributed by atoms with Crippen LogP contribution in [-0.4, -0.2) is 36.6 Å². The minimum absolute atomic E-state index is 0.426. The summed E-state index contributed by atoms with van der Waals surface area (Å²) < 4.78 is 46.5. The van der Waals surface area contributed by atoms with Gasteiger partial charge in [-0.1, -0.05) is 133 Å². The molecular weight excluding hydrogens is 1300 g/mol. The van der Waals surface area contributed by atoms with Gasteiger partial charge in [0.05, 0.1) is 56.5 Å². The molecule has 484 valence electrons. The Morgan fingerprint density at radius 3 is 0.862 bits per heavy atom. The molecule has 0 bridgehead atoms. The van der Waals surface area contributed by atoms with Gasteiger partial charge in [0.25, 0.3) is 0 Å². The summed E-state index contributed by atoms with van der Waals surface area (Å²) in [5.74, 6) is 5.02. The van der Waals surface area contributed by atoms with Gasteiger partial charge in [0.2, 0.25) is 0 Å². The van der Waals surface area contributed by atoms with E-state index in [4.69, 9.17) is 32.8 Å². The fraction of sp³-hybridized carbons (Fsp3) is 0.325. The fourth-order valence-electron chi connectivity index (χ4n) is 12.3. The molecule has 0 saturated carbocycles. The number of benzene rings is 9. The second kappa shape index (κ2) is 27.4. The average Bonchev–Trinajstić information content (AvgIpc) is 0.915. The maximum Gasteiger partial charge on any atom is 0.494 e. The maximum atomic E-state index is 6.65. The number of ether oxygens (including phenoxy) is 3. The number of aryl methyl sites for hydroxylation is 5. The van der Waals surface area contributed by atoms with E-state index < -0.39 is 36.6 Å². The summed E-state index contributed by atoms with van der Waals surface area (Å²) in [5, 5.41) is 0. The van der Waals surface area contributed by atoms with Crippen molar-refractivity contribution in [3.05, 3.63) is 219 Å². The van der Waals surface area contributed by atoms with Gasteiger partial charge in [-0.05, 0) is 268 Å². The smallest absolute Gasteiger partial charge is 0.453 e. The van der Waals surface area contributed by atoms with E-state index in [1.54, 1.807) is 0 Å². The molecule has 14 rings (SSSR count). The van der Waals surface area contributed by atoms with Crippen LogP contribution in [0.3, 0.4) is 0 Å². The predicted molar refractivity (Wildman–Crippen MR) is 396 cm³/mol. The number of hydrogen-bond acceptors (Lipinski definition) is 10. The van der Waals surface area contributed by atoms with Crippen LogP contribution in [0.2, 0.25) is 0 Å². The summed E-state index contributed by atoms with van der Waals surface area (Å²) in [5.41, 5.74) is 16.3. The molecular formula is C80H87B2Br2N3O7. The van der Waals surface area contributed by atoms with Crippen molar-refractivity contribution in [3.63, 3.8) is 0 Å². The molecule has 94 heavy (non-hydrogen) atoms. The summed E-state index contributed by atoms with van der Waals surface area (Å²) in [4.78, 5) is 6.83. The molecule has 5 aliphatic heterocycles. The van der Waals surface area contributed by atoms with Crippen molar-refractivity contribution in [3.8, 4) is 34.5 Å². The lowest BCUT2D eigenvalue weighted by Gasteiger charge is -2.33. The van der Waals surface area contributed by atoms with E-state index in [-0.39, 0.29) is 0 Å². The lowest BCUT2D eigenvalue weighted by atomic mass is 9.78. The molecule has 0 spiro atoms. The molecule has 2 fully saturated rings. The Morgan fingerprint density at radius 1 is 0.319 bits per heavy atom. The molecule has 14 heteroatoms. The minimum Gasteiger partial charge on any atom is -0.453 e. The Labute approximate surface area is 575 Å². The summed E-state index contributed by atoms with van der Waals surface area (Å²) >= 11 is 7.09. The lowest BCUT2D eigenvalue weighted by molar-refractivity contribution is 0.00578. The number of unbranched alkanes of at least 4 members (excludes halogenated alkanes) is 3. The van der Waals surface area contributed by atoms with Crippen molar-refractivity contribution in [2.45, 2.75) is 170 Å². The summed E-state index contributed by atoms with van der Waals surface area (Å²) in [7, 11) is -0.958. The van der Waals surface area contributed by atoms with Crippen LogP contribution in [0, 0.1) is 13.8 Å². The zero-order chi connectivity index (χ0) is 66.3. The Balaban J connectivity index is 0.000000142. The average molecular weight is 1380 g/mol. The third kappa shape index (κ3) is 13.9. The largest absolute Gasteiger partial charge is 0.494 e. The molecule has 9 aromatic rings. The van der Waals surface area contributed by atoms with Crippen LogP contribution in [0.15, 0.2) is 191 Å². The number of hydrogen-bond donors (Lipinski definition) is 0. The number of anilines is 9. The Kier molecular flexibility index (Phi) is 19.5. The topological polar surface area (TPSA) is 74.3 Å². The molecule has 0 amide bonds. The third-order valence-electron chi connectivity index (χ3n) is 19.2. The van der Waals surface area contributed by atoms with E-state index in [1.807, 2.05) is 24.3 Å². The van der Waals surface area contributed by atoms with E-state index in [0.29, 0.717) is 0 Å². The summed E-state index contributed by atoms with van der Waals surface area (Å²) in [6, 6.07) is 64.3. The van der Waals surface area contributed by atoms with E-state index in [1.165, 1.54) is 72.0 Å². The molecule has 2 saturated heterocycles. The van der Waals surface area contributed by atoms with Crippen molar-refractivity contribution in [2.75, 3.05) is 14.7 Å². The standard InChI is InChI=1S/C34H43B2NO5.C24H25NO.C22H19Br2NO/c1-10-11-12-23-13-17-26(18-14-23)37-27-19-15-24(35-39-31(2,3)32(4,5)40-35)21-29(27)38-30-22-25(16-20-28(30)37)36-41-33(6,7)34(8,9)42-36;1-4-5-6-19-9-11-20(12-10-19)25-21-13-7-17(2)15-23(21)26-24-16-18(3)8-14-22(24)25;1-2-3-4-15-5-9-18(10-6-15)25-19-11-7-16(23)13-21(19)26-22-14-17(24)8-12-20(22)25/h13-22H,10-12H2,1-9H3;7-16H,4-6H2,1-3H3;5-14H,2-4H2,1H3. The zero-order valence-corrected chi connectivity index (χ0v) is 60.0. The Hall–Kier alpha value is -7.29. The molecule has 0 radical (unpaired) electrons. The molecule has 0 aromatic heterocycles. The Bertz CT molecular complexity index is 3820. The van der Waals surface area contributed by atoms with Crippen molar-refractivity contribution in [2.24, 2.45) is 0 Å². The quantitative estimate of drug-likeness (QED) is 0.0983. The van der Waals surface area contributed by atoms with Gasteiger partial charge < -0.3 is 47.5 Å². The predicted octanol–water partition coefficient (Wildman–Crippen LogP) is 22.6. The fourth-order valence-corrected chi connectivity index (χ4v) is 13.0. The van der Waals surface area contributed by atoms with E-state index >= 15 is 0 Å². The molecule has 0 aliphatic carbocycles. The first-order valence-corrected chi connectivity index (χ1v) is 35.1. The SMILES string of the molecule is CCCCc1ccc(N2c3ccc(B4OC(C)(C)C(C)(C)O4)cc3Oc3cc(B4OC(C)(C)C(C)(C)O4)ccc32)cc1.CCCCc1ccc(N2c3ccc(Br)cc3Oc3cc(Br)ccc32)cc1.CCCCc1ccc(N2c3ccc(C)cc3Oc3cc(C)ccc32)cc1. The molecule has 5 aliphatic rings. The number of rotatable bonds is 14. The molecule has 9 aromatic carbocycles. The molecule has 5 heterocycles. The van der Waals surface area contributed by atoms with E-state index in [9.17, 15) is 0 Å².